The Balaban J connectivity index is 2.14. The van der Waals surface area contributed by atoms with Gasteiger partial charge in [-0.2, -0.15) is 13.2 Å². The van der Waals surface area contributed by atoms with Gasteiger partial charge in [-0.1, -0.05) is 30.0 Å². The van der Waals surface area contributed by atoms with Gasteiger partial charge in [0.25, 0.3) is 0 Å². The number of nitrogens with zero attached hydrogens (tertiary/aromatic N) is 3. The third-order valence-electron chi connectivity index (χ3n) is 2.94. The summed E-state index contributed by atoms with van der Waals surface area (Å²) in [4.78, 5) is 0. The molecule has 0 saturated heterocycles. The van der Waals surface area contributed by atoms with Crippen LogP contribution in [0.5, 0.6) is 0 Å². The van der Waals surface area contributed by atoms with Crippen LogP contribution in [0.4, 0.5) is 13.2 Å². The van der Waals surface area contributed by atoms with Gasteiger partial charge in [0.2, 0.25) is 0 Å². The molecule has 0 saturated carbocycles. The summed E-state index contributed by atoms with van der Waals surface area (Å²) in [5.74, 6) is 0.936. The van der Waals surface area contributed by atoms with Crippen LogP contribution >= 0.6 is 11.8 Å². The standard InChI is InChI=1S/C13H15F3N4S/c1-17-7-11-18-19-12(20(11)2)21-8-9-5-3-4-6-10(9)13(14,15)16/h3-6,17H,7-8H2,1-2H3. The van der Waals surface area contributed by atoms with Crippen molar-refractivity contribution in [1.82, 2.24) is 20.1 Å². The minimum atomic E-state index is -4.34. The van der Waals surface area contributed by atoms with E-state index < -0.39 is 11.7 Å². The van der Waals surface area contributed by atoms with E-state index in [4.69, 9.17) is 0 Å². The number of benzene rings is 1. The summed E-state index contributed by atoms with van der Waals surface area (Å²) in [6.07, 6.45) is -4.34. The maximum absolute atomic E-state index is 12.9. The average molecular weight is 316 g/mol. The highest BCUT2D eigenvalue weighted by Crippen LogP contribution is 2.34. The maximum Gasteiger partial charge on any atom is 0.416 e. The molecule has 0 unspecified atom stereocenters. The van der Waals surface area contributed by atoms with Crippen LogP contribution in [0.1, 0.15) is 17.0 Å². The molecule has 1 aromatic heterocycles. The fraction of sp³-hybridized carbons (Fsp3) is 0.385. The van der Waals surface area contributed by atoms with Crippen LogP contribution in [0.2, 0.25) is 0 Å². The molecule has 0 fully saturated rings. The number of hydrogen-bond acceptors (Lipinski definition) is 4. The third kappa shape index (κ3) is 3.76. The highest BCUT2D eigenvalue weighted by atomic mass is 32.2. The molecule has 8 heteroatoms. The lowest BCUT2D eigenvalue weighted by molar-refractivity contribution is -0.138. The number of hydrogen-bond donors (Lipinski definition) is 1. The van der Waals surface area contributed by atoms with E-state index in [1.54, 1.807) is 24.7 Å². The van der Waals surface area contributed by atoms with Crippen molar-refractivity contribution in [2.45, 2.75) is 23.6 Å². The first-order chi connectivity index (χ1) is 9.93. The van der Waals surface area contributed by atoms with E-state index in [0.29, 0.717) is 11.7 Å². The van der Waals surface area contributed by atoms with E-state index in [-0.39, 0.29) is 11.3 Å². The van der Waals surface area contributed by atoms with Crippen molar-refractivity contribution in [1.29, 1.82) is 0 Å². The largest absolute Gasteiger partial charge is 0.416 e. The molecule has 2 aromatic rings. The highest BCUT2D eigenvalue weighted by molar-refractivity contribution is 7.98. The van der Waals surface area contributed by atoms with Crippen molar-refractivity contribution in [3.63, 3.8) is 0 Å². The lowest BCUT2D eigenvalue weighted by Gasteiger charge is -2.12. The number of alkyl halides is 3. The van der Waals surface area contributed by atoms with Crippen molar-refractivity contribution in [2.24, 2.45) is 7.05 Å². The zero-order valence-corrected chi connectivity index (χ0v) is 12.4. The summed E-state index contributed by atoms with van der Waals surface area (Å²) in [5, 5.41) is 11.5. The fourth-order valence-electron chi connectivity index (χ4n) is 1.85. The molecule has 0 aliphatic heterocycles. The molecule has 0 radical (unpaired) electrons. The third-order valence-corrected chi connectivity index (χ3v) is 4.01. The molecule has 0 aliphatic carbocycles. The van der Waals surface area contributed by atoms with E-state index in [1.807, 2.05) is 0 Å². The minimum Gasteiger partial charge on any atom is -0.313 e. The van der Waals surface area contributed by atoms with Crippen molar-refractivity contribution in [3.05, 3.63) is 41.2 Å². The van der Waals surface area contributed by atoms with Crippen LogP contribution in [0.3, 0.4) is 0 Å². The van der Waals surface area contributed by atoms with Crippen molar-refractivity contribution < 1.29 is 13.2 Å². The molecule has 1 heterocycles. The van der Waals surface area contributed by atoms with E-state index in [0.717, 1.165) is 11.9 Å². The van der Waals surface area contributed by atoms with Gasteiger partial charge in [-0.05, 0) is 18.7 Å². The van der Waals surface area contributed by atoms with E-state index in [9.17, 15) is 13.2 Å². The van der Waals surface area contributed by atoms with E-state index in [2.05, 4.69) is 15.5 Å². The SMILES string of the molecule is CNCc1nnc(SCc2ccccc2C(F)(F)F)n1C. The first-order valence-corrected chi connectivity index (χ1v) is 7.22. The lowest BCUT2D eigenvalue weighted by Crippen LogP contribution is -2.10. The molecule has 1 aromatic carbocycles. The van der Waals surface area contributed by atoms with Gasteiger partial charge in [0.15, 0.2) is 5.16 Å². The predicted octanol–water partition coefficient (Wildman–Crippen LogP) is 2.85. The van der Waals surface area contributed by atoms with Crippen LogP contribution in [-0.4, -0.2) is 21.8 Å². The van der Waals surface area contributed by atoms with Crippen molar-refractivity contribution in [3.8, 4) is 0 Å². The van der Waals surface area contributed by atoms with Crippen LogP contribution in [0, 0.1) is 0 Å². The molecule has 0 spiro atoms. The molecule has 2 rings (SSSR count). The smallest absolute Gasteiger partial charge is 0.313 e. The Kier molecular flexibility index (Phi) is 4.89. The first-order valence-electron chi connectivity index (χ1n) is 6.24. The van der Waals surface area contributed by atoms with Gasteiger partial charge in [-0.25, -0.2) is 0 Å². The molecule has 0 amide bonds. The van der Waals surface area contributed by atoms with Crippen LogP contribution in [0.25, 0.3) is 0 Å². The Morgan fingerprint density at radius 2 is 1.95 bits per heavy atom. The first kappa shape index (κ1) is 15.8. The van der Waals surface area contributed by atoms with E-state index in [1.165, 1.54) is 23.9 Å². The second-order valence-corrected chi connectivity index (χ2v) is 5.37. The molecular formula is C13H15F3N4S. The minimum absolute atomic E-state index is 0.196. The summed E-state index contributed by atoms with van der Waals surface area (Å²) in [5.41, 5.74) is -0.358. The molecule has 0 aliphatic rings. The Morgan fingerprint density at radius 3 is 2.62 bits per heavy atom. The Bertz CT molecular complexity index is 610. The Hall–Kier alpha value is -1.54. The van der Waals surface area contributed by atoms with Gasteiger partial charge in [-0.15, -0.1) is 10.2 Å². The number of nitrogens with one attached hydrogen (secondary N) is 1. The highest BCUT2D eigenvalue weighted by Gasteiger charge is 2.32. The normalized spacial score (nSPS) is 11.9. The predicted molar refractivity (Wildman–Crippen MR) is 74.8 cm³/mol. The van der Waals surface area contributed by atoms with Crippen molar-refractivity contribution >= 4 is 11.8 Å². The maximum atomic E-state index is 12.9. The summed E-state index contributed by atoms with van der Waals surface area (Å²) in [6, 6.07) is 5.58. The zero-order valence-electron chi connectivity index (χ0n) is 11.6. The summed E-state index contributed by atoms with van der Waals surface area (Å²) >= 11 is 1.24. The summed E-state index contributed by atoms with van der Waals surface area (Å²) in [6.45, 7) is 0.559. The number of aromatic nitrogens is 3. The topological polar surface area (TPSA) is 42.7 Å². The zero-order chi connectivity index (χ0) is 15.5. The van der Waals surface area contributed by atoms with Gasteiger partial charge >= 0.3 is 6.18 Å². The molecular weight excluding hydrogens is 301 g/mol. The van der Waals surface area contributed by atoms with E-state index >= 15 is 0 Å². The molecule has 4 nitrogen and oxygen atoms in total. The molecule has 1 N–H and O–H groups in total. The molecule has 21 heavy (non-hydrogen) atoms. The van der Waals surface area contributed by atoms with Gasteiger partial charge in [0, 0.05) is 12.8 Å². The van der Waals surface area contributed by atoms with Crippen molar-refractivity contribution in [2.75, 3.05) is 7.05 Å². The lowest BCUT2D eigenvalue weighted by atomic mass is 10.1. The monoisotopic (exact) mass is 316 g/mol. The van der Waals surface area contributed by atoms with Crippen LogP contribution in [0.15, 0.2) is 29.4 Å². The number of halogens is 3. The van der Waals surface area contributed by atoms with Gasteiger partial charge in [0.1, 0.15) is 5.82 Å². The summed E-state index contributed by atoms with van der Waals surface area (Å²) < 4.78 is 40.5. The molecule has 114 valence electrons. The number of rotatable bonds is 5. The molecule has 0 atom stereocenters. The molecule has 0 bridgehead atoms. The van der Waals surface area contributed by atoms with Crippen LogP contribution in [-0.2, 0) is 25.5 Å². The second kappa shape index (κ2) is 6.48. The number of thioether (sulfide) groups is 1. The quantitative estimate of drug-likeness (QED) is 0.862. The van der Waals surface area contributed by atoms with Crippen LogP contribution < -0.4 is 5.32 Å². The van der Waals surface area contributed by atoms with Gasteiger partial charge in [-0.3, -0.25) is 0 Å². The van der Waals surface area contributed by atoms with Gasteiger partial charge < -0.3 is 9.88 Å². The Morgan fingerprint density at radius 1 is 1.24 bits per heavy atom. The average Bonchev–Trinajstić information content (AvgIpc) is 2.77. The summed E-state index contributed by atoms with van der Waals surface area (Å²) in [7, 11) is 3.59. The second-order valence-electron chi connectivity index (χ2n) is 4.43. The fourth-order valence-corrected chi connectivity index (χ4v) is 2.78. The van der Waals surface area contributed by atoms with Gasteiger partial charge in [0.05, 0.1) is 12.1 Å². The Labute approximate surface area is 124 Å².